The molecule has 1 aromatic heterocycles. The molecule has 0 aliphatic rings. The first kappa shape index (κ1) is 33.5. The van der Waals surface area contributed by atoms with Gasteiger partial charge in [-0.1, -0.05) is 79.8 Å². The quantitative estimate of drug-likeness (QED) is 0.127. The Morgan fingerprint density at radius 3 is 1.92 bits per heavy atom. The molecule has 6 nitrogen and oxygen atoms in total. The normalized spacial score (nSPS) is 13.1. The second-order valence-corrected chi connectivity index (χ2v) is 9.12. The number of rotatable bonds is 21. The minimum Gasteiger partial charge on any atom is -0.352 e. The Kier molecular flexibility index (Phi) is 21.3. The Hall–Kier alpha value is -3.51. The zero-order valence-electron chi connectivity index (χ0n) is 23.9. The summed E-state index contributed by atoms with van der Waals surface area (Å²) in [7, 11) is 0. The summed E-state index contributed by atoms with van der Waals surface area (Å²) < 4.78 is 0. The number of aromatic nitrogens is 1. The smallest absolute Gasteiger partial charge is 0.252 e. The highest BCUT2D eigenvalue weighted by atomic mass is 16.2. The molecule has 212 valence electrons. The summed E-state index contributed by atoms with van der Waals surface area (Å²) in [5, 5.41) is 9.09. The molecule has 0 aliphatic carbocycles. The SMILES string of the molecule is CCC=CCC=CCC=CCC=CCC=CCC=CCCC(=O)NC(C)CNCCNC(=O)c1cccnc1. The fourth-order valence-electron chi connectivity index (χ4n) is 3.43. The van der Waals surface area contributed by atoms with Crippen LogP contribution in [-0.4, -0.2) is 42.5 Å². The van der Waals surface area contributed by atoms with Gasteiger partial charge in [0.2, 0.25) is 5.91 Å². The van der Waals surface area contributed by atoms with Crippen molar-refractivity contribution < 1.29 is 9.59 Å². The van der Waals surface area contributed by atoms with Crippen molar-refractivity contribution in [3.8, 4) is 0 Å². The maximum absolute atomic E-state index is 12.1. The fraction of sp³-hybridized carbons (Fsp3) is 0.424. The lowest BCUT2D eigenvalue weighted by atomic mass is 10.2. The summed E-state index contributed by atoms with van der Waals surface area (Å²) in [6.45, 7) is 5.91. The summed E-state index contributed by atoms with van der Waals surface area (Å²) >= 11 is 0. The van der Waals surface area contributed by atoms with E-state index in [1.807, 2.05) is 6.92 Å². The number of amides is 2. The van der Waals surface area contributed by atoms with Gasteiger partial charge in [-0.3, -0.25) is 14.6 Å². The predicted octanol–water partition coefficient (Wildman–Crippen LogP) is 6.38. The van der Waals surface area contributed by atoms with Gasteiger partial charge in [-0.2, -0.15) is 0 Å². The third kappa shape index (κ3) is 21.1. The highest BCUT2D eigenvalue weighted by Crippen LogP contribution is 1.98. The molecule has 0 saturated carbocycles. The number of allylic oxidation sites excluding steroid dienone is 12. The molecule has 1 unspecified atom stereocenters. The van der Waals surface area contributed by atoms with Gasteiger partial charge in [0.05, 0.1) is 5.56 Å². The number of nitrogens with zero attached hydrogens (tertiary/aromatic N) is 1. The van der Waals surface area contributed by atoms with Crippen LogP contribution >= 0.6 is 0 Å². The molecule has 1 atom stereocenters. The molecule has 0 radical (unpaired) electrons. The van der Waals surface area contributed by atoms with Crippen molar-refractivity contribution in [2.24, 2.45) is 0 Å². The van der Waals surface area contributed by atoms with E-state index in [0.717, 1.165) is 44.9 Å². The predicted molar refractivity (Wildman–Crippen MR) is 164 cm³/mol. The monoisotopic (exact) mass is 532 g/mol. The lowest BCUT2D eigenvalue weighted by Gasteiger charge is -2.14. The van der Waals surface area contributed by atoms with E-state index in [-0.39, 0.29) is 17.9 Å². The van der Waals surface area contributed by atoms with Gasteiger partial charge in [-0.05, 0) is 64.0 Å². The Morgan fingerprint density at radius 2 is 1.38 bits per heavy atom. The van der Waals surface area contributed by atoms with Gasteiger partial charge in [0.15, 0.2) is 0 Å². The molecule has 1 rings (SSSR count). The molecule has 0 aliphatic heterocycles. The highest BCUT2D eigenvalue weighted by molar-refractivity contribution is 5.93. The Balaban J connectivity index is 1.97. The van der Waals surface area contributed by atoms with Crippen LogP contribution in [0.25, 0.3) is 0 Å². The molecule has 0 saturated heterocycles. The highest BCUT2D eigenvalue weighted by Gasteiger charge is 2.07. The number of nitrogens with one attached hydrogen (secondary N) is 3. The summed E-state index contributed by atoms with van der Waals surface area (Å²) in [6, 6.07) is 3.49. The molecule has 6 heteroatoms. The van der Waals surface area contributed by atoms with Crippen LogP contribution in [0.15, 0.2) is 97.4 Å². The third-order valence-electron chi connectivity index (χ3n) is 5.50. The van der Waals surface area contributed by atoms with E-state index in [0.29, 0.717) is 31.6 Å². The van der Waals surface area contributed by atoms with Crippen LogP contribution < -0.4 is 16.0 Å². The van der Waals surface area contributed by atoms with Crippen LogP contribution in [0.4, 0.5) is 0 Å². The van der Waals surface area contributed by atoms with Crippen LogP contribution in [0.3, 0.4) is 0 Å². The number of carbonyl (C=O) groups is 2. The Labute approximate surface area is 236 Å². The lowest BCUT2D eigenvalue weighted by molar-refractivity contribution is -0.121. The van der Waals surface area contributed by atoms with Crippen LogP contribution in [-0.2, 0) is 4.79 Å². The molecule has 1 aromatic rings. The fourth-order valence-corrected chi connectivity index (χ4v) is 3.43. The van der Waals surface area contributed by atoms with Crippen molar-refractivity contribution in [3.05, 3.63) is 103 Å². The second-order valence-electron chi connectivity index (χ2n) is 9.12. The van der Waals surface area contributed by atoms with Gasteiger partial charge in [-0.25, -0.2) is 0 Å². The van der Waals surface area contributed by atoms with Crippen molar-refractivity contribution in [2.75, 3.05) is 19.6 Å². The number of pyridine rings is 1. The first-order valence-electron chi connectivity index (χ1n) is 14.2. The van der Waals surface area contributed by atoms with E-state index >= 15 is 0 Å². The largest absolute Gasteiger partial charge is 0.352 e. The van der Waals surface area contributed by atoms with E-state index < -0.39 is 0 Å². The molecule has 0 bridgehead atoms. The molecular formula is C33H48N4O2. The van der Waals surface area contributed by atoms with Crippen molar-refractivity contribution in [1.29, 1.82) is 0 Å². The minimum atomic E-state index is -0.138. The first-order valence-corrected chi connectivity index (χ1v) is 14.2. The van der Waals surface area contributed by atoms with Crippen molar-refractivity contribution in [2.45, 2.75) is 71.3 Å². The molecule has 1 heterocycles. The Morgan fingerprint density at radius 1 is 0.821 bits per heavy atom. The van der Waals surface area contributed by atoms with E-state index in [2.05, 4.69) is 101 Å². The molecule has 2 amide bonds. The number of hydrogen-bond acceptors (Lipinski definition) is 4. The number of carbonyl (C=O) groups excluding carboxylic acids is 2. The van der Waals surface area contributed by atoms with Crippen LogP contribution in [0, 0.1) is 0 Å². The van der Waals surface area contributed by atoms with E-state index in [1.54, 1.807) is 24.5 Å². The molecule has 0 spiro atoms. The van der Waals surface area contributed by atoms with Crippen molar-refractivity contribution in [1.82, 2.24) is 20.9 Å². The average molecular weight is 533 g/mol. The van der Waals surface area contributed by atoms with Crippen molar-refractivity contribution in [3.63, 3.8) is 0 Å². The van der Waals surface area contributed by atoms with Gasteiger partial charge in [0.1, 0.15) is 0 Å². The van der Waals surface area contributed by atoms with Gasteiger partial charge in [0.25, 0.3) is 5.91 Å². The van der Waals surface area contributed by atoms with E-state index in [9.17, 15) is 9.59 Å². The summed E-state index contributed by atoms with van der Waals surface area (Å²) in [5.74, 6) is -0.0886. The Bertz CT molecular complexity index is 946. The van der Waals surface area contributed by atoms with Crippen LogP contribution in [0.5, 0.6) is 0 Å². The molecule has 0 fully saturated rings. The topological polar surface area (TPSA) is 83.1 Å². The average Bonchev–Trinajstić information content (AvgIpc) is 2.94. The minimum absolute atomic E-state index is 0.0248. The zero-order valence-corrected chi connectivity index (χ0v) is 23.9. The van der Waals surface area contributed by atoms with Crippen LogP contribution in [0.2, 0.25) is 0 Å². The summed E-state index contributed by atoms with van der Waals surface area (Å²) in [4.78, 5) is 28.0. The van der Waals surface area contributed by atoms with Crippen molar-refractivity contribution >= 4 is 11.8 Å². The second kappa shape index (κ2) is 24.8. The third-order valence-corrected chi connectivity index (χ3v) is 5.50. The van der Waals surface area contributed by atoms with Gasteiger partial charge >= 0.3 is 0 Å². The molecule has 0 aromatic carbocycles. The first-order chi connectivity index (χ1) is 19.1. The van der Waals surface area contributed by atoms with Gasteiger partial charge in [0, 0.05) is 44.5 Å². The standard InChI is InChI=1S/C33H48N4O2/c1-3-4-5-6-7-8-9-10-11-12-13-14-15-16-17-18-19-20-21-24-32(38)37-30(2)28-35-26-27-36-33(39)31-23-22-25-34-29-31/h4-5,7-8,10-11,13-14,16-17,19-20,22-23,25,29-30,35H,3,6,9,12,15,18,21,24,26-28H2,1-2H3,(H,36,39)(H,37,38). The maximum atomic E-state index is 12.1. The maximum Gasteiger partial charge on any atom is 0.252 e. The van der Waals surface area contributed by atoms with E-state index in [1.165, 1.54) is 0 Å². The molecular weight excluding hydrogens is 484 g/mol. The lowest BCUT2D eigenvalue weighted by Crippen LogP contribution is -2.42. The van der Waals surface area contributed by atoms with Gasteiger partial charge in [-0.15, -0.1) is 0 Å². The summed E-state index contributed by atoms with van der Waals surface area (Å²) in [6.07, 6.45) is 36.4. The zero-order chi connectivity index (χ0) is 28.2. The van der Waals surface area contributed by atoms with E-state index in [4.69, 9.17) is 0 Å². The molecule has 3 N–H and O–H groups in total. The van der Waals surface area contributed by atoms with Crippen LogP contribution in [0.1, 0.15) is 75.6 Å². The van der Waals surface area contributed by atoms with Gasteiger partial charge < -0.3 is 16.0 Å². The summed E-state index contributed by atoms with van der Waals surface area (Å²) in [5.41, 5.74) is 0.546. The molecule has 39 heavy (non-hydrogen) atoms. The number of hydrogen-bond donors (Lipinski definition) is 3.